The van der Waals surface area contributed by atoms with E-state index in [2.05, 4.69) is 5.32 Å². The number of aliphatic hydroxyl groups is 1. The summed E-state index contributed by atoms with van der Waals surface area (Å²) in [5.74, 6) is 0. The van der Waals surface area contributed by atoms with Crippen LogP contribution in [0.4, 0.5) is 4.79 Å². The SMILES string of the molecule is O=C(O)N[C@H]1COC1CO. The highest BCUT2D eigenvalue weighted by atomic mass is 16.5. The molecule has 1 rings (SSSR count). The fourth-order valence-electron chi connectivity index (χ4n) is 0.802. The molecular formula is C5H9NO4. The van der Waals surface area contributed by atoms with Gasteiger partial charge in [0.1, 0.15) is 6.10 Å². The topological polar surface area (TPSA) is 78.8 Å². The van der Waals surface area contributed by atoms with Gasteiger partial charge in [0.15, 0.2) is 0 Å². The normalized spacial score (nSPS) is 30.9. The van der Waals surface area contributed by atoms with E-state index < -0.39 is 6.09 Å². The maximum Gasteiger partial charge on any atom is 0.405 e. The molecule has 0 aromatic rings. The first kappa shape index (κ1) is 7.30. The van der Waals surface area contributed by atoms with Gasteiger partial charge in [-0.05, 0) is 0 Å². The van der Waals surface area contributed by atoms with E-state index in [-0.39, 0.29) is 18.8 Å². The van der Waals surface area contributed by atoms with Crippen molar-refractivity contribution in [2.24, 2.45) is 0 Å². The Bertz CT molecular complexity index is 136. The first-order chi connectivity index (χ1) is 4.74. The second kappa shape index (κ2) is 2.85. The van der Waals surface area contributed by atoms with Gasteiger partial charge in [-0.2, -0.15) is 0 Å². The molecule has 0 aliphatic carbocycles. The van der Waals surface area contributed by atoms with Gasteiger partial charge in [0.25, 0.3) is 0 Å². The van der Waals surface area contributed by atoms with E-state index in [1.165, 1.54) is 0 Å². The Hall–Kier alpha value is -0.810. The van der Waals surface area contributed by atoms with Crippen molar-refractivity contribution in [1.82, 2.24) is 5.32 Å². The third kappa shape index (κ3) is 1.37. The molecule has 0 bridgehead atoms. The molecule has 1 saturated heterocycles. The molecule has 1 heterocycles. The highest BCUT2D eigenvalue weighted by molar-refractivity contribution is 5.65. The van der Waals surface area contributed by atoms with Crippen molar-refractivity contribution in [3.05, 3.63) is 0 Å². The average molecular weight is 147 g/mol. The zero-order valence-corrected chi connectivity index (χ0v) is 5.28. The van der Waals surface area contributed by atoms with Gasteiger partial charge in [0.2, 0.25) is 0 Å². The van der Waals surface area contributed by atoms with Crippen molar-refractivity contribution in [2.45, 2.75) is 12.1 Å². The summed E-state index contributed by atoms with van der Waals surface area (Å²) in [6.45, 7) is 0.225. The van der Waals surface area contributed by atoms with Crippen molar-refractivity contribution in [2.75, 3.05) is 13.2 Å². The summed E-state index contributed by atoms with van der Waals surface area (Å²) in [7, 11) is 0. The Kier molecular flexibility index (Phi) is 2.08. The Morgan fingerprint density at radius 3 is 2.80 bits per heavy atom. The van der Waals surface area contributed by atoms with Gasteiger partial charge < -0.3 is 20.3 Å². The third-order valence-corrected chi connectivity index (χ3v) is 1.43. The van der Waals surface area contributed by atoms with Crippen LogP contribution in [0.5, 0.6) is 0 Å². The van der Waals surface area contributed by atoms with Crippen LogP contribution in [0.1, 0.15) is 0 Å². The van der Waals surface area contributed by atoms with Crippen molar-refractivity contribution in [3.8, 4) is 0 Å². The van der Waals surface area contributed by atoms with Crippen LogP contribution >= 0.6 is 0 Å². The van der Waals surface area contributed by atoms with Crippen LogP contribution < -0.4 is 5.32 Å². The Balaban J connectivity index is 2.23. The largest absolute Gasteiger partial charge is 0.465 e. The number of ether oxygens (including phenoxy) is 1. The molecule has 1 unspecified atom stereocenters. The van der Waals surface area contributed by atoms with Gasteiger partial charge in [-0.3, -0.25) is 0 Å². The first-order valence-corrected chi connectivity index (χ1v) is 2.96. The molecule has 0 aromatic heterocycles. The predicted octanol–water partition coefficient (Wildman–Crippen LogP) is -0.986. The average Bonchev–Trinajstić information content (AvgIpc) is 1.82. The lowest BCUT2D eigenvalue weighted by atomic mass is 10.1. The smallest absolute Gasteiger partial charge is 0.405 e. The highest BCUT2D eigenvalue weighted by Gasteiger charge is 2.32. The lowest BCUT2D eigenvalue weighted by Gasteiger charge is -2.34. The summed E-state index contributed by atoms with van der Waals surface area (Å²) < 4.78 is 4.82. The Labute approximate surface area is 57.6 Å². The monoisotopic (exact) mass is 147 g/mol. The maximum absolute atomic E-state index is 10.0. The number of carboxylic acid groups (broad SMARTS) is 1. The number of hydrogen-bond acceptors (Lipinski definition) is 3. The Morgan fingerprint density at radius 1 is 1.80 bits per heavy atom. The van der Waals surface area contributed by atoms with Crippen molar-refractivity contribution in [3.63, 3.8) is 0 Å². The minimum atomic E-state index is -1.08. The molecular weight excluding hydrogens is 138 g/mol. The molecule has 0 aromatic carbocycles. The molecule has 1 aliphatic rings. The van der Waals surface area contributed by atoms with E-state index in [1.807, 2.05) is 0 Å². The van der Waals surface area contributed by atoms with Crippen LogP contribution in [0.3, 0.4) is 0 Å². The van der Waals surface area contributed by atoms with Gasteiger partial charge in [-0.25, -0.2) is 4.79 Å². The zero-order chi connectivity index (χ0) is 7.56. The molecule has 5 nitrogen and oxygen atoms in total. The molecule has 0 spiro atoms. The molecule has 1 amide bonds. The van der Waals surface area contributed by atoms with Gasteiger partial charge in [0.05, 0.1) is 19.3 Å². The summed E-state index contributed by atoms with van der Waals surface area (Å²) in [6, 6.07) is -0.234. The van der Waals surface area contributed by atoms with Crippen LogP contribution in [0, 0.1) is 0 Å². The molecule has 10 heavy (non-hydrogen) atoms. The molecule has 58 valence electrons. The minimum absolute atomic E-state index is 0.134. The van der Waals surface area contributed by atoms with Crippen molar-refractivity contribution < 1.29 is 19.7 Å². The van der Waals surface area contributed by atoms with Gasteiger partial charge in [0, 0.05) is 0 Å². The predicted molar refractivity (Wildman–Crippen MR) is 31.8 cm³/mol. The Morgan fingerprint density at radius 2 is 2.50 bits per heavy atom. The van der Waals surface area contributed by atoms with Crippen molar-refractivity contribution in [1.29, 1.82) is 0 Å². The van der Waals surface area contributed by atoms with Gasteiger partial charge >= 0.3 is 6.09 Å². The minimum Gasteiger partial charge on any atom is -0.465 e. The quantitative estimate of drug-likeness (QED) is 0.468. The van der Waals surface area contributed by atoms with E-state index in [0.717, 1.165) is 0 Å². The number of hydrogen-bond donors (Lipinski definition) is 3. The highest BCUT2D eigenvalue weighted by Crippen LogP contribution is 2.10. The fraction of sp³-hybridized carbons (Fsp3) is 0.800. The van der Waals surface area contributed by atoms with Crippen LogP contribution in [-0.2, 0) is 4.74 Å². The molecule has 2 atom stereocenters. The first-order valence-electron chi connectivity index (χ1n) is 2.96. The lowest BCUT2D eigenvalue weighted by Crippen LogP contribution is -2.57. The molecule has 1 aliphatic heterocycles. The van der Waals surface area contributed by atoms with E-state index >= 15 is 0 Å². The van der Waals surface area contributed by atoms with Gasteiger partial charge in [-0.1, -0.05) is 0 Å². The molecule has 5 heteroatoms. The number of aliphatic hydroxyl groups excluding tert-OH is 1. The van der Waals surface area contributed by atoms with E-state index in [1.54, 1.807) is 0 Å². The number of rotatable bonds is 2. The zero-order valence-electron chi connectivity index (χ0n) is 5.28. The number of amides is 1. The second-order valence-electron chi connectivity index (χ2n) is 2.11. The van der Waals surface area contributed by atoms with Crippen LogP contribution in [-0.4, -0.2) is 41.7 Å². The van der Waals surface area contributed by atoms with Crippen LogP contribution in [0.2, 0.25) is 0 Å². The molecule has 1 fully saturated rings. The summed E-state index contributed by atoms with van der Waals surface area (Å²) in [6.07, 6.45) is -1.43. The summed E-state index contributed by atoms with van der Waals surface area (Å²) in [5.41, 5.74) is 0. The van der Waals surface area contributed by atoms with Crippen LogP contribution in [0.15, 0.2) is 0 Å². The molecule has 0 radical (unpaired) electrons. The molecule has 3 N–H and O–H groups in total. The number of carbonyl (C=O) groups is 1. The van der Waals surface area contributed by atoms with E-state index in [4.69, 9.17) is 14.9 Å². The van der Waals surface area contributed by atoms with E-state index in [9.17, 15) is 4.79 Å². The maximum atomic E-state index is 10.0. The van der Waals surface area contributed by atoms with Crippen molar-refractivity contribution >= 4 is 6.09 Å². The number of nitrogens with one attached hydrogen (secondary N) is 1. The van der Waals surface area contributed by atoms with E-state index in [0.29, 0.717) is 6.61 Å². The lowest BCUT2D eigenvalue weighted by molar-refractivity contribution is -0.107. The summed E-state index contributed by atoms with van der Waals surface area (Å²) >= 11 is 0. The standard InChI is InChI=1S/C5H9NO4/c7-1-4-3(2-10-4)6-5(8)9/h3-4,6-7H,1-2H2,(H,8,9)/t3-,4?/m0/s1. The molecule has 0 saturated carbocycles. The summed E-state index contributed by atoms with van der Waals surface area (Å²) in [4.78, 5) is 10.0. The summed E-state index contributed by atoms with van der Waals surface area (Å²) in [5, 5.41) is 18.9. The third-order valence-electron chi connectivity index (χ3n) is 1.43. The second-order valence-corrected chi connectivity index (χ2v) is 2.11. The fourth-order valence-corrected chi connectivity index (χ4v) is 0.802. The van der Waals surface area contributed by atoms with Crippen LogP contribution in [0.25, 0.3) is 0 Å². The van der Waals surface area contributed by atoms with Gasteiger partial charge in [-0.15, -0.1) is 0 Å².